The second-order valence-electron chi connectivity index (χ2n) is 5.14. The van der Waals surface area contributed by atoms with E-state index in [2.05, 4.69) is 0 Å². The molecule has 0 aliphatic carbocycles. The summed E-state index contributed by atoms with van der Waals surface area (Å²) in [5, 5.41) is 0. The molecule has 10 heteroatoms. The number of sulfone groups is 1. The van der Waals surface area contributed by atoms with Gasteiger partial charge < -0.3 is 10.5 Å². The van der Waals surface area contributed by atoms with Crippen molar-refractivity contribution in [3.05, 3.63) is 0 Å². The van der Waals surface area contributed by atoms with Crippen molar-refractivity contribution in [2.45, 2.75) is 50.2 Å². The Kier molecular flexibility index (Phi) is 8.78. The Hall–Kier alpha value is -0.480. The molecule has 0 aliphatic rings. The van der Waals surface area contributed by atoms with E-state index in [1.807, 2.05) is 0 Å². The molecule has 0 bridgehead atoms. The average Bonchev–Trinajstić information content (AvgIpc) is 2.34. The quantitative estimate of drug-likeness (QED) is 0.578. The highest BCUT2D eigenvalue weighted by molar-refractivity contribution is 7.91. The van der Waals surface area contributed by atoms with E-state index in [1.54, 1.807) is 0 Å². The van der Waals surface area contributed by atoms with Gasteiger partial charge in [0.15, 0.2) is 0 Å². The molecule has 4 nitrogen and oxygen atoms in total. The average molecular weight is 355 g/mol. The Labute approximate surface area is 127 Å². The summed E-state index contributed by atoms with van der Waals surface area (Å²) in [7, 11) is -2.15. The maximum Gasteiger partial charge on any atom is 0.453 e. The molecule has 0 aliphatic heterocycles. The summed E-state index contributed by atoms with van der Waals surface area (Å²) >= 11 is 0. The highest BCUT2D eigenvalue weighted by Crippen LogP contribution is 2.38. The normalized spacial score (nSPS) is 15.0. The van der Waals surface area contributed by atoms with E-state index in [9.17, 15) is 30.4 Å². The van der Waals surface area contributed by atoms with E-state index in [0.717, 1.165) is 0 Å². The highest BCUT2D eigenvalue weighted by Gasteiger charge is 2.56. The van der Waals surface area contributed by atoms with Crippen molar-refractivity contribution in [2.24, 2.45) is 5.73 Å². The van der Waals surface area contributed by atoms with Crippen LogP contribution in [0.3, 0.4) is 0 Å². The van der Waals surface area contributed by atoms with Crippen LogP contribution in [0, 0.1) is 0 Å². The fraction of sp³-hybridized carbons (Fsp3) is 1.00. The number of alkyl halides is 5. The lowest BCUT2D eigenvalue weighted by Gasteiger charge is -2.19. The Bertz CT molecular complexity index is 411. The first-order valence-corrected chi connectivity index (χ1v) is 8.63. The summed E-state index contributed by atoms with van der Waals surface area (Å²) in [4.78, 5) is 0. The number of ether oxygens (including phenoxy) is 1. The minimum Gasteiger partial charge on any atom is -0.385 e. The molecule has 0 amide bonds. The summed E-state index contributed by atoms with van der Waals surface area (Å²) in [6.07, 6.45) is -6.68. The zero-order chi connectivity index (χ0) is 17.4. The summed E-state index contributed by atoms with van der Waals surface area (Å²) in [6.45, 7) is 0.445. The highest BCUT2D eigenvalue weighted by atomic mass is 32.2. The monoisotopic (exact) mass is 355 g/mol. The van der Waals surface area contributed by atoms with Gasteiger partial charge in [0.2, 0.25) is 0 Å². The number of hydrogen-bond donors (Lipinski definition) is 1. The lowest BCUT2D eigenvalue weighted by atomic mass is 10.1. The van der Waals surface area contributed by atoms with E-state index in [0.29, 0.717) is 19.4 Å². The number of halogens is 5. The molecule has 2 N–H and O–H groups in total. The van der Waals surface area contributed by atoms with Gasteiger partial charge in [-0.25, -0.2) is 8.42 Å². The topological polar surface area (TPSA) is 69.4 Å². The van der Waals surface area contributed by atoms with Crippen LogP contribution in [0.25, 0.3) is 0 Å². The minimum atomic E-state index is -5.65. The predicted molar refractivity (Wildman–Crippen MR) is 72.6 cm³/mol. The van der Waals surface area contributed by atoms with Crippen LogP contribution in [-0.4, -0.2) is 51.8 Å². The standard InChI is InChI=1S/C12H22F5NO3S/c1-21-7-5-10(18)4-2-8-22(19,20)9-3-6-11(13,14)12(15,16)17/h10H,2-9,18H2,1H3. The van der Waals surface area contributed by atoms with Crippen molar-refractivity contribution < 1.29 is 35.1 Å². The van der Waals surface area contributed by atoms with Crippen LogP contribution >= 0.6 is 0 Å². The lowest BCUT2D eigenvalue weighted by molar-refractivity contribution is -0.284. The van der Waals surface area contributed by atoms with Crippen molar-refractivity contribution >= 4 is 9.84 Å². The number of nitrogens with two attached hydrogens (primary N) is 1. The van der Waals surface area contributed by atoms with E-state index in [-0.39, 0.29) is 18.2 Å². The second-order valence-corrected chi connectivity index (χ2v) is 7.44. The van der Waals surface area contributed by atoms with Gasteiger partial charge in [0.25, 0.3) is 0 Å². The van der Waals surface area contributed by atoms with Crippen LogP contribution in [0.15, 0.2) is 0 Å². The van der Waals surface area contributed by atoms with Crippen LogP contribution in [0.5, 0.6) is 0 Å². The summed E-state index contributed by atoms with van der Waals surface area (Å²) in [5.41, 5.74) is 5.70. The van der Waals surface area contributed by atoms with Gasteiger partial charge in [0.05, 0.1) is 11.5 Å². The molecule has 0 radical (unpaired) electrons. The Morgan fingerprint density at radius 3 is 2.09 bits per heavy atom. The van der Waals surface area contributed by atoms with E-state index < -0.39 is 40.5 Å². The van der Waals surface area contributed by atoms with Crippen LogP contribution in [0.1, 0.15) is 32.1 Å². The Balaban J connectivity index is 4.06. The first-order chi connectivity index (χ1) is 9.91. The molecule has 0 aromatic carbocycles. The zero-order valence-corrected chi connectivity index (χ0v) is 13.2. The van der Waals surface area contributed by atoms with E-state index in [4.69, 9.17) is 10.5 Å². The number of hydrogen-bond acceptors (Lipinski definition) is 4. The summed E-state index contributed by atoms with van der Waals surface area (Å²) in [6, 6.07) is -0.232. The van der Waals surface area contributed by atoms with Crippen LogP contribution in [0.4, 0.5) is 22.0 Å². The summed E-state index contributed by atoms with van der Waals surface area (Å²) in [5.74, 6) is -5.82. The molecule has 22 heavy (non-hydrogen) atoms. The maximum absolute atomic E-state index is 12.6. The molecule has 0 fully saturated rings. The third kappa shape index (κ3) is 8.84. The fourth-order valence-corrected chi connectivity index (χ4v) is 3.13. The maximum atomic E-state index is 12.6. The molecule has 0 rings (SSSR count). The smallest absolute Gasteiger partial charge is 0.385 e. The molecule has 0 spiro atoms. The summed E-state index contributed by atoms with van der Waals surface area (Å²) < 4.78 is 89.0. The first-order valence-electron chi connectivity index (χ1n) is 6.81. The van der Waals surface area contributed by atoms with Gasteiger partial charge in [-0.2, -0.15) is 22.0 Å². The number of rotatable bonds is 11. The molecule has 0 aromatic heterocycles. The van der Waals surface area contributed by atoms with Gasteiger partial charge in [0.1, 0.15) is 9.84 Å². The molecule has 134 valence electrons. The van der Waals surface area contributed by atoms with Crippen molar-refractivity contribution in [2.75, 3.05) is 25.2 Å². The Morgan fingerprint density at radius 1 is 1.05 bits per heavy atom. The van der Waals surface area contributed by atoms with Gasteiger partial charge in [-0.15, -0.1) is 0 Å². The van der Waals surface area contributed by atoms with E-state index >= 15 is 0 Å². The molecule has 0 heterocycles. The molecule has 1 atom stereocenters. The first kappa shape index (κ1) is 21.5. The Morgan fingerprint density at radius 2 is 1.59 bits per heavy atom. The molecule has 0 aromatic rings. The van der Waals surface area contributed by atoms with Gasteiger partial charge in [0, 0.05) is 26.2 Å². The van der Waals surface area contributed by atoms with Gasteiger partial charge in [-0.05, 0) is 25.7 Å². The zero-order valence-electron chi connectivity index (χ0n) is 12.3. The predicted octanol–water partition coefficient (Wildman–Crippen LogP) is 2.52. The van der Waals surface area contributed by atoms with E-state index in [1.165, 1.54) is 7.11 Å². The minimum absolute atomic E-state index is 0.232. The van der Waals surface area contributed by atoms with Crippen molar-refractivity contribution in [1.82, 2.24) is 0 Å². The van der Waals surface area contributed by atoms with Crippen LogP contribution < -0.4 is 5.73 Å². The van der Waals surface area contributed by atoms with Crippen molar-refractivity contribution in [3.63, 3.8) is 0 Å². The molecule has 0 saturated heterocycles. The SMILES string of the molecule is COCCC(N)CCCS(=O)(=O)CCCC(F)(F)C(F)(F)F. The molecule has 0 saturated carbocycles. The third-order valence-corrected chi connectivity index (χ3v) is 4.91. The van der Waals surface area contributed by atoms with Gasteiger partial charge in [-0.3, -0.25) is 0 Å². The molecular formula is C12H22F5NO3S. The fourth-order valence-electron chi connectivity index (χ4n) is 1.74. The largest absolute Gasteiger partial charge is 0.453 e. The van der Waals surface area contributed by atoms with Crippen molar-refractivity contribution in [3.8, 4) is 0 Å². The molecule has 1 unspecified atom stereocenters. The van der Waals surface area contributed by atoms with Gasteiger partial charge >= 0.3 is 12.1 Å². The van der Waals surface area contributed by atoms with Crippen molar-refractivity contribution in [1.29, 1.82) is 0 Å². The van der Waals surface area contributed by atoms with Crippen LogP contribution in [-0.2, 0) is 14.6 Å². The number of methoxy groups -OCH3 is 1. The second kappa shape index (κ2) is 8.97. The van der Waals surface area contributed by atoms with Crippen LogP contribution in [0.2, 0.25) is 0 Å². The molecular weight excluding hydrogens is 333 g/mol. The van der Waals surface area contributed by atoms with Gasteiger partial charge in [-0.1, -0.05) is 0 Å². The third-order valence-electron chi connectivity index (χ3n) is 3.08. The lowest BCUT2D eigenvalue weighted by Crippen LogP contribution is -2.36.